The van der Waals surface area contributed by atoms with E-state index in [-0.39, 0.29) is 36.6 Å². The zero-order valence-corrected chi connectivity index (χ0v) is 15.0. The molecule has 2 aromatic rings. The van der Waals surface area contributed by atoms with E-state index in [1.54, 1.807) is 12.1 Å². The number of carbonyl (C=O) groups excluding carboxylic acids is 2. The number of rotatable bonds is 5. The predicted molar refractivity (Wildman–Crippen MR) is 96.8 cm³/mol. The summed E-state index contributed by atoms with van der Waals surface area (Å²) in [5.74, 6) is 1.47. The lowest BCUT2D eigenvalue weighted by Crippen LogP contribution is -2.34. The molecule has 0 radical (unpaired) electrons. The molecule has 1 N–H and O–H groups in total. The van der Waals surface area contributed by atoms with Crippen LogP contribution in [0.25, 0.3) is 0 Å². The van der Waals surface area contributed by atoms with E-state index in [9.17, 15) is 9.59 Å². The van der Waals surface area contributed by atoms with Crippen molar-refractivity contribution in [2.75, 3.05) is 26.3 Å². The molecule has 2 aliphatic heterocycles. The third-order valence-electron chi connectivity index (χ3n) is 4.89. The van der Waals surface area contributed by atoms with Crippen molar-refractivity contribution in [3.8, 4) is 11.5 Å². The van der Waals surface area contributed by atoms with Crippen molar-refractivity contribution >= 4 is 11.8 Å². The summed E-state index contributed by atoms with van der Waals surface area (Å²) in [4.78, 5) is 26.4. The van der Waals surface area contributed by atoms with E-state index < -0.39 is 0 Å². The van der Waals surface area contributed by atoms with Crippen molar-refractivity contribution in [1.82, 2.24) is 10.2 Å². The summed E-state index contributed by atoms with van der Waals surface area (Å²) in [6.07, 6.45) is 3.59. The molecule has 0 spiro atoms. The minimum atomic E-state index is -0.308. The third kappa shape index (κ3) is 3.77. The lowest BCUT2D eigenvalue weighted by Gasteiger charge is -2.27. The Kier molecular flexibility index (Phi) is 5.00. The number of likely N-dealkylation sites (tertiary alicyclic amines) is 1. The molecule has 1 atom stereocenters. The number of ether oxygens (including phenoxy) is 2. The van der Waals surface area contributed by atoms with E-state index in [1.807, 2.05) is 23.1 Å². The summed E-state index contributed by atoms with van der Waals surface area (Å²) in [7, 11) is 0. The minimum Gasteiger partial charge on any atom is -0.486 e. The van der Waals surface area contributed by atoms with Gasteiger partial charge in [0.05, 0.1) is 12.3 Å². The molecule has 7 nitrogen and oxygen atoms in total. The molecule has 1 unspecified atom stereocenters. The zero-order valence-electron chi connectivity index (χ0n) is 15.0. The van der Waals surface area contributed by atoms with Crippen LogP contribution in [0.5, 0.6) is 11.5 Å². The van der Waals surface area contributed by atoms with Crippen LogP contribution in [0.3, 0.4) is 0 Å². The number of furan rings is 1. The van der Waals surface area contributed by atoms with Crippen molar-refractivity contribution in [2.45, 2.75) is 25.3 Å². The molecule has 0 saturated carbocycles. The lowest BCUT2D eigenvalue weighted by molar-refractivity contribution is -0.132. The van der Waals surface area contributed by atoms with Crippen LogP contribution in [0.1, 0.15) is 41.4 Å². The second-order valence-electron chi connectivity index (χ2n) is 6.63. The standard InChI is InChI=1S/C20H22N2O5/c23-19(7-8-21-20(24)17-4-2-10-25-17)22-9-1-3-15(22)14-5-6-16-18(13-14)27-12-11-26-16/h2,4-6,10,13,15H,1,3,7-9,11-12H2,(H,21,24). The van der Waals surface area contributed by atoms with Crippen molar-refractivity contribution in [2.24, 2.45) is 0 Å². The van der Waals surface area contributed by atoms with Gasteiger partial charge in [0.2, 0.25) is 5.91 Å². The van der Waals surface area contributed by atoms with Gasteiger partial charge in [0.15, 0.2) is 17.3 Å². The Labute approximate surface area is 157 Å². The number of hydrogen-bond acceptors (Lipinski definition) is 5. The molecule has 1 fully saturated rings. The topological polar surface area (TPSA) is 81.0 Å². The molecular formula is C20H22N2O5. The van der Waals surface area contributed by atoms with Gasteiger partial charge in [-0.15, -0.1) is 0 Å². The van der Waals surface area contributed by atoms with Crippen LogP contribution >= 0.6 is 0 Å². The highest BCUT2D eigenvalue weighted by Crippen LogP contribution is 2.38. The van der Waals surface area contributed by atoms with Gasteiger partial charge < -0.3 is 24.1 Å². The van der Waals surface area contributed by atoms with Crippen molar-refractivity contribution in [3.63, 3.8) is 0 Å². The van der Waals surface area contributed by atoms with Crippen molar-refractivity contribution in [3.05, 3.63) is 47.9 Å². The Bertz CT molecular complexity index is 818. The monoisotopic (exact) mass is 370 g/mol. The summed E-state index contributed by atoms with van der Waals surface area (Å²) < 4.78 is 16.3. The number of nitrogens with zero attached hydrogens (tertiary/aromatic N) is 1. The number of benzene rings is 1. The molecule has 3 heterocycles. The fraction of sp³-hybridized carbons (Fsp3) is 0.400. The molecule has 0 aliphatic carbocycles. The van der Waals surface area contributed by atoms with Gasteiger partial charge in [0.25, 0.3) is 5.91 Å². The van der Waals surface area contributed by atoms with Crippen LogP contribution in [0, 0.1) is 0 Å². The highest BCUT2D eigenvalue weighted by Gasteiger charge is 2.30. The van der Waals surface area contributed by atoms with Gasteiger partial charge in [-0.25, -0.2) is 0 Å². The van der Waals surface area contributed by atoms with Crippen molar-refractivity contribution in [1.29, 1.82) is 0 Å². The Morgan fingerprint density at radius 2 is 2.00 bits per heavy atom. The summed E-state index contributed by atoms with van der Waals surface area (Å²) >= 11 is 0. The van der Waals surface area contributed by atoms with Gasteiger partial charge in [0.1, 0.15) is 13.2 Å². The predicted octanol–water partition coefficient (Wildman–Crippen LogP) is 2.53. The highest BCUT2D eigenvalue weighted by molar-refractivity contribution is 5.91. The van der Waals surface area contributed by atoms with Crippen LogP contribution in [0.4, 0.5) is 0 Å². The molecule has 2 amide bonds. The molecule has 1 aromatic carbocycles. The van der Waals surface area contributed by atoms with Crippen LogP contribution < -0.4 is 14.8 Å². The molecule has 1 aromatic heterocycles. The van der Waals surface area contributed by atoms with Crippen LogP contribution in [0.15, 0.2) is 41.0 Å². The second-order valence-corrected chi connectivity index (χ2v) is 6.63. The Balaban J connectivity index is 1.36. The molecule has 2 aliphatic rings. The second kappa shape index (κ2) is 7.73. The van der Waals surface area contributed by atoms with E-state index in [0.717, 1.165) is 36.4 Å². The maximum atomic E-state index is 12.7. The fourth-order valence-electron chi connectivity index (χ4n) is 3.60. The van der Waals surface area contributed by atoms with Gasteiger partial charge in [-0.3, -0.25) is 9.59 Å². The third-order valence-corrected chi connectivity index (χ3v) is 4.89. The fourth-order valence-corrected chi connectivity index (χ4v) is 3.60. The number of hydrogen-bond donors (Lipinski definition) is 1. The summed E-state index contributed by atoms with van der Waals surface area (Å²) in [5.41, 5.74) is 1.06. The van der Waals surface area contributed by atoms with Gasteiger partial charge in [-0.05, 0) is 42.7 Å². The Hall–Kier alpha value is -2.96. The average molecular weight is 370 g/mol. The number of carbonyl (C=O) groups is 2. The molecule has 1 saturated heterocycles. The molecule has 4 rings (SSSR count). The van der Waals surface area contributed by atoms with Crippen LogP contribution in [-0.4, -0.2) is 43.0 Å². The quantitative estimate of drug-likeness (QED) is 0.875. The van der Waals surface area contributed by atoms with E-state index >= 15 is 0 Å². The maximum absolute atomic E-state index is 12.7. The van der Waals surface area contributed by atoms with E-state index in [0.29, 0.717) is 13.2 Å². The smallest absolute Gasteiger partial charge is 0.286 e. The molecule has 142 valence electrons. The largest absolute Gasteiger partial charge is 0.486 e. The first kappa shape index (κ1) is 17.5. The zero-order chi connectivity index (χ0) is 18.6. The van der Waals surface area contributed by atoms with Gasteiger partial charge in [-0.1, -0.05) is 6.07 Å². The van der Waals surface area contributed by atoms with Gasteiger partial charge in [0, 0.05) is 19.5 Å². The van der Waals surface area contributed by atoms with Gasteiger partial charge >= 0.3 is 0 Å². The van der Waals surface area contributed by atoms with Crippen LogP contribution in [0.2, 0.25) is 0 Å². The number of fused-ring (bicyclic) bond motifs is 1. The van der Waals surface area contributed by atoms with E-state index in [2.05, 4.69) is 5.32 Å². The summed E-state index contributed by atoms with van der Waals surface area (Å²) in [5, 5.41) is 2.72. The Morgan fingerprint density at radius 3 is 2.81 bits per heavy atom. The normalized spacial score (nSPS) is 18.4. The maximum Gasteiger partial charge on any atom is 0.286 e. The molecular weight excluding hydrogens is 348 g/mol. The lowest BCUT2D eigenvalue weighted by atomic mass is 10.0. The summed E-state index contributed by atoms with van der Waals surface area (Å²) in [6, 6.07) is 9.17. The first-order chi connectivity index (χ1) is 13.2. The SMILES string of the molecule is O=C(NCCC(=O)N1CCCC1c1ccc2c(c1)OCCO2)c1ccco1. The first-order valence-electron chi connectivity index (χ1n) is 9.23. The number of amides is 2. The van der Waals surface area contributed by atoms with Gasteiger partial charge in [-0.2, -0.15) is 0 Å². The average Bonchev–Trinajstić information content (AvgIpc) is 3.39. The van der Waals surface area contributed by atoms with Crippen molar-refractivity contribution < 1.29 is 23.5 Å². The number of nitrogens with one attached hydrogen (secondary N) is 1. The van der Waals surface area contributed by atoms with E-state index in [1.165, 1.54) is 6.26 Å². The molecule has 27 heavy (non-hydrogen) atoms. The first-order valence-corrected chi connectivity index (χ1v) is 9.23. The molecule has 7 heteroatoms. The highest BCUT2D eigenvalue weighted by atomic mass is 16.6. The molecule has 0 bridgehead atoms. The van der Waals surface area contributed by atoms with Crippen LogP contribution in [-0.2, 0) is 4.79 Å². The Morgan fingerprint density at radius 1 is 1.15 bits per heavy atom. The van der Waals surface area contributed by atoms with E-state index in [4.69, 9.17) is 13.9 Å². The summed E-state index contributed by atoms with van der Waals surface area (Å²) in [6.45, 7) is 2.11. The minimum absolute atomic E-state index is 0.0344.